The average molecular weight is 276 g/mol. The summed E-state index contributed by atoms with van der Waals surface area (Å²) in [5.41, 5.74) is 1.99. The third-order valence-electron chi connectivity index (χ3n) is 3.77. The first-order chi connectivity index (χ1) is 9.36. The van der Waals surface area contributed by atoms with E-state index in [1.54, 1.807) is 0 Å². The van der Waals surface area contributed by atoms with E-state index in [9.17, 15) is 4.79 Å². The predicted octanol–water partition coefficient (Wildman–Crippen LogP) is 2.84. The second kappa shape index (κ2) is 7.55. The van der Waals surface area contributed by atoms with Crippen LogP contribution in [0, 0.1) is 6.92 Å². The molecule has 0 saturated carbocycles. The molecule has 3 heteroatoms. The molecule has 0 N–H and O–H groups in total. The molecule has 1 aromatic carbocycles. The van der Waals surface area contributed by atoms with Crippen LogP contribution in [0.5, 0.6) is 0 Å². The number of rotatable bonds is 7. The molecule has 1 aromatic rings. The molecule has 0 heterocycles. The highest BCUT2D eigenvalue weighted by Crippen LogP contribution is 2.13. The molecule has 0 spiro atoms. The minimum atomic E-state index is -0.0855. The van der Waals surface area contributed by atoms with Crippen LogP contribution in [0.2, 0.25) is 0 Å². The van der Waals surface area contributed by atoms with Crippen molar-refractivity contribution in [3.63, 3.8) is 0 Å². The number of nitrogens with zero attached hydrogens (tertiary/aromatic N) is 2. The van der Waals surface area contributed by atoms with Crippen LogP contribution < -0.4 is 0 Å². The van der Waals surface area contributed by atoms with E-state index >= 15 is 0 Å². The molecule has 3 nitrogen and oxygen atoms in total. The second-order valence-electron chi connectivity index (χ2n) is 5.85. The van der Waals surface area contributed by atoms with E-state index in [-0.39, 0.29) is 11.8 Å². The molecular formula is C17H28N2O. The number of carbonyl (C=O) groups excluding carboxylic acids is 1. The number of Topliss-reactive ketones (excluding diaryl/α,β-unsaturated/α-hetero) is 1. The van der Waals surface area contributed by atoms with Crippen LogP contribution in [-0.4, -0.2) is 54.9 Å². The summed E-state index contributed by atoms with van der Waals surface area (Å²) in [6.07, 6.45) is 0. The molecule has 0 bridgehead atoms. The summed E-state index contributed by atoms with van der Waals surface area (Å²) in [7, 11) is 4.13. The van der Waals surface area contributed by atoms with Crippen LogP contribution >= 0.6 is 0 Å². The number of benzene rings is 1. The molecule has 0 aliphatic carbocycles. The Morgan fingerprint density at radius 2 is 1.70 bits per heavy atom. The van der Waals surface area contributed by atoms with E-state index < -0.39 is 0 Å². The second-order valence-corrected chi connectivity index (χ2v) is 5.85. The third-order valence-corrected chi connectivity index (χ3v) is 3.77. The highest BCUT2D eigenvalue weighted by molar-refractivity contribution is 5.99. The maximum Gasteiger partial charge on any atom is 0.179 e. The first-order valence-corrected chi connectivity index (χ1v) is 7.38. The van der Waals surface area contributed by atoms with Crippen molar-refractivity contribution in [2.45, 2.75) is 39.8 Å². The van der Waals surface area contributed by atoms with Gasteiger partial charge in [0.05, 0.1) is 6.04 Å². The van der Waals surface area contributed by atoms with Crippen molar-refractivity contribution in [2.24, 2.45) is 0 Å². The standard InChI is InChI=1S/C17H28N2O/c1-7-19(14(3)12-18(5)6)15(4)17(20)16-10-8-13(2)9-11-16/h8-11,14-15H,7,12H2,1-6H3. The Hall–Kier alpha value is -1.19. The van der Waals surface area contributed by atoms with Crippen molar-refractivity contribution in [3.8, 4) is 0 Å². The maximum atomic E-state index is 12.6. The van der Waals surface area contributed by atoms with E-state index in [2.05, 4.69) is 37.7 Å². The fourth-order valence-electron chi connectivity index (χ4n) is 2.71. The first-order valence-electron chi connectivity index (χ1n) is 7.38. The fourth-order valence-corrected chi connectivity index (χ4v) is 2.71. The van der Waals surface area contributed by atoms with E-state index in [0.29, 0.717) is 6.04 Å². The molecule has 0 aliphatic heterocycles. The number of carbonyl (C=O) groups is 1. The lowest BCUT2D eigenvalue weighted by Gasteiger charge is -2.34. The Morgan fingerprint density at radius 1 is 1.15 bits per heavy atom. The predicted molar refractivity (Wildman–Crippen MR) is 85.4 cm³/mol. The van der Waals surface area contributed by atoms with Crippen LogP contribution in [0.1, 0.15) is 36.7 Å². The summed E-state index contributed by atoms with van der Waals surface area (Å²) in [6, 6.07) is 8.13. The van der Waals surface area contributed by atoms with Crippen LogP contribution in [0.25, 0.3) is 0 Å². The summed E-state index contributed by atoms with van der Waals surface area (Å²) in [6.45, 7) is 10.2. The lowest BCUT2D eigenvalue weighted by molar-refractivity contribution is 0.0756. The molecule has 0 aliphatic rings. The van der Waals surface area contributed by atoms with Gasteiger partial charge >= 0.3 is 0 Å². The lowest BCUT2D eigenvalue weighted by Crippen LogP contribution is -2.48. The molecule has 20 heavy (non-hydrogen) atoms. The molecular weight excluding hydrogens is 248 g/mol. The quantitative estimate of drug-likeness (QED) is 0.716. The van der Waals surface area contributed by atoms with Gasteiger partial charge in [0.15, 0.2) is 5.78 Å². The van der Waals surface area contributed by atoms with Crippen molar-refractivity contribution in [3.05, 3.63) is 35.4 Å². The summed E-state index contributed by atoms with van der Waals surface area (Å²) in [4.78, 5) is 17.0. The van der Waals surface area contributed by atoms with Crippen LogP contribution in [-0.2, 0) is 0 Å². The zero-order valence-corrected chi connectivity index (χ0v) is 13.7. The topological polar surface area (TPSA) is 23.6 Å². The molecule has 2 unspecified atom stereocenters. The SMILES string of the molecule is CCN(C(C)CN(C)C)C(C)C(=O)c1ccc(C)cc1. The van der Waals surface area contributed by atoms with Crippen molar-refractivity contribution >= 4 is 5.78 Å². The van der Waals surface area contributed by atoms with Crippen molar-refractivity contribution in [1.82, 2.24) is 9.80 Å². The smallest absolute Gasteiger partial charge is 0.179 e. The van der Waals surface area contributed by atoms with E-state index in [1.807, 2.05) is 38.1 Å². The zero-order chi connectivity index (χ0) is 15.3. The van der Waals surface area contributed by atoms with Gasteiger partial charge in [-0.3, -0.25) is 9.69 Å². The number of ketones is 1. The minimum absolute atomic E-state index is 0.0855. The van der Waals surface area contributed by atoms with Gasteiger partial charge in [-0.2, -0.15) is 0 Å². The van der Waals surface area contributed by atoms with Gasteiger partial charge < -0.3 is 4.90 Å². The first kappa shape index (κ1) is 16.9. The Kier molecular flexibility index (Phi) is 6.37. The molecule has 0 saturated heterocycles. The third kappa shape index (κ3) is 4.43. The average Bonchev–Trinajstić information content (AvgIpc) is 2.38. The number of hydrogen-bond donors (Lipinski definition) is 0. The molecule has 0 aromatic heterocycles. The monoisotopic (exact) mass is 276 g/mol. The van der Waals surface area contributed by atoms with Crippen LogP contribution in [0.15, 0.2) is 24.3 Å². The lowest BCUT2D eigenvalue weighted by atomic mass is 10.0. The molecule has 0 amide bonds. The van der Waals surface area contributed by atoms with Gasteiger partial charge in [0.1, 0.15) is 0 Å². The van der Waals surface area contributed by atoms with Crippen molar-refractivity contribution in [1.29, 1.82) is 0 Å². The normalized spacial score (nSPS) is 14.6. The van der Waals surface area contributed by atoms with Gasteiger partial charge in [-0.1, -0.05) is 36.8 Å². The van der Waals surface area contributed by atoms with Crippen LogP contribution in [0.3, 0.4) is 0 Å². The fraction of sp³-hybridized carbons (Fsp3) is 0.588. The maximum absolute atomic E-state index is 12.6. The van der Waals surface area contributed by atoms with Crippen molar-refractivity contribution < 1.29 is 4.79 Å². The van der Waals surface area contributed by atoms with Gasteiger partial charge in [-0.15, -0.1) is 0 Å². The highest BCUT2D eigenvalue weighted by Gasteiger charge is 2.25. The van der Waals surface area contributed by atoms with Gasteiger partial charge in [0, 0.05) is 18.2 Å². The zero-order valence-electron chi connectivity index (χ0n) is 13.7. The molecule has 112 valence electrons. The number of hydrogen-bond acceptors (Lipinski definition) is 3. The summed E-state index contributed by atoms with van der Waals surface area (Å²) >= 11 is 0. The Balaban J connectivity index is 2.82. The van der Waals surface area contributed by atoms with Gasteiger partial charge in [-0.25, -0.2) is 0 Å². The molecule has 1 rings (SSSR count). The van der Waals surface area contributed by atoms with E-state index in [1.165, 1.54) is 5.56 Å². The Labute approximate surface area is 123 Å². The summed E-state index contributed by atoms with van der Waals surface area (Å²) in [5, 5.41) is 0. The van der Waals surface area contributed by atoms with Crippen molar-refractivity contribution in [2.75, 3.05) is 27.2 Å². The minimum Gasteiger partial charge on any atom is -0.308 e. The van der Waals surface area contributed by atoms with E-state index in [4.69, 9.17) is 0 Å². The number of likely N-dealkylation sites (N-methyl/N-ethyl adjacent to an activating group) is 2. The van der Waals surface area contributed by atoms with Crippen LogP contribution in [0.4, 0.5) is 0 Å². The van der Waals surface area contributed by atoms with Gasteiger partial charge in [0.25, 0.3) is 0 Å². The summed E-state index contributed by atoms with van der Waals surface area (Å²) in [5.74, 6) is 0.206. The molecule has 0 fully saturated rings. The number of aryl methyl sites for hydroxylation is 1. The Morgan fingerprint density at radius 3 is 2.15 bits per heavy atom. The molecule has 0 radical (unpaired) electrons. The van der Waals surface area contributed by atoms with Gasteiger partial charge in [0.2, 0.25) is 0 Å². The largest absolute Gasteiger partial charge is 0.308 e. The Bertz CT molecular complexity index is 425. The molecule has 2 atom stereocenters. The van der Waals surface area contributed by atoms with Gasteiger partial charge in [-0.05, 0) is 41.4 Å². The summed E-state index contributed by atoms with van der Waals surface area (Å²) < 4.78 is 0. The highest BCUT2D eigenvalue weighted by atomic mass is 16.1. The van der Waals surface area contributed by atoms with E-state index in [0.717, 1.165) is 18.7 Å².